The van der Waals surface area contributed by atoms with Crippen LogP contribution in [0.3, 0.4) is 0 Å². The summed E-state index contributed by atoms with van der Waals surface area (Å²) in [6.45, 7) is 11.6. The molecule has 1 heteroatoms. The van der Waals surface area contributed by atoms with Crippen molar-refractivity contribution in [2.75, 3.05) is 6.61 Å². The highest BCUT2D eigenvalue weighted by Gasteiger charge is 2.13. The lowest BCUT2D eigenvalue weighted by molar-refractivity contribution is 0.0764. The Bertz CT molecular complexity index is 292. The molecule has 0 aromatic heterocycles. The maximum atomic E-state index is 5.55. The van der Waals surface area contributed by atoms with E-state index in [1.54, 1.807) is 0 Å². The van der Waals surface area contributed by atoms with Crippen LogP contribution in [0, 0.1) is 0 Å². The van der Waals surface area contributed by atoms with Crippen molar-refractivity contribution < 1.29 is 4.74 Å². The molecule has 84 valence electrons. The summed E-state index contributed by atoms with van der Waals surface area (Å²) < 4.78 is 5.55. The van der Waals surface area contributed by atoms with Crippen molar-refractivity contribution >= 4 is 0 Å². The topological polar surface area (TPSA) is 9.23 Å². The van der Waals surface area contributed by atoms with E-state index in [-0.39, 0.29) is 11.5 Å². The summed E-state index contributed by atoms with van der Waals surface area (Å²) in [5.41, 5.74) is 2.85. The number of ether oxygens (including phenoxy) is 1. The number of hydrogen-bond donors (Lipinski definition) is 0. The maximum Gasteiger partial charge on any atom is 0.0796 e. The molecule has 1 atom stereocenters. The highest BCUT2D eigenvalue weighted by atomic mass is 16.5. The van der Waals surface area contributed by atoms with Crippen LogP contribution in [0.4, 0.5) is 0 Å². The van der Waals surface area contributed by atoms with Gasteiger partial charge in [-0.25, -0.2) is 0 Å². The van der Waals surface area contributed by atoms with Gasteiger partial charge < -0.3 is 4.74 Å². The van der Waals surface area contributed by atoms with Crippen LogP contribution < -0.4 is 0 Å². The summed E-state index contributed by atoms with van der Waals surface area (Å²) in [5.74, 6) is 0. The van der Waals surface area contributed by atoms with Crippen LogP contribution >= 0.6 is 0 Å². The summed E-state index contributed by atoms with van der Waals surface area (Å²) in [7, 11) is 0. The predicted molar refractivity (Wildman–Crippen MR) is 65.2 cm³/mol. The first-order chi connectivity index (χ1) is 6.95. The number of benzene rings is 1. The minimum absolute atomic E-state index is 0.198. The summed E-state index contributed by atoms with van der Waals surface area (Å²) in [4.78, 5) is 0. The quantitative estimate of drug-likeness (QED) is 0.724. The minimum atomic E-state index is 0.198. The van der Waals surface area contributed by atoms with Gasteiger partial charge in [0, 0.05) is 6.61 Å². The van der Waals surface area contributed by atoms with Crippen LogP contribution in [-0.2, 0) is 10.2 Å². The highest BCUT2D eigenvalue weighted by Crippen LogP contribution is 2.24. The third-order valence-corrected chi connectivity index (χ3v) is 2.66. The van der Waals surface area contributed by atoms with Gasteiger partial charge in [0.05, 0.1) is 6.10 Å². The Kier molecular flexibility index (Phi) is 3.92. The first-order valence-electron chi connectivity index (χ1n) is 5.67. The van der Waals surface area contributed by atoms with Crippen molar-refractivity contribution in [1.29, 1.82) is 0 Å². The molecule has 0 aliphatic rings. The van der Waals surface area contributed by atoms with E-state index in [0.717, 1.165) is 6.61 Å². The van der Waals surface area contributed by atoms with Crippen molar-refractivity contribution in [1.82, 2.24) is 0 Å². The summed E-state index contributed by atoms with van der Waals surface area (Å²) >= 11 is 0. The van der Waals surface area contributed by atoms with E-state index in [4.69, 9.17) is 4.74 Å². The summed E-state index contributed by atoms with van der Waals surface area (Å²) in [6, 6.07) is 8.73. The lowest BCUT2D eigenvalue weighted by Gasteiger charge is -2.20. The molecule has 0 amide bonds. The maximum absolute atomic E-state index is 5.55. The fourth-order valence-corrected chi connectivity index (χ4v) is 1.60. The minimum Gasteiger partial charge on any atom is -0.374 e. The highest BCUT2D eigenvalue weighted by molar-refractivity contribution is 5.28. The normalized spacial score (nSPS) is 13.9. The standard InChI is InChI=1S/C14H22O/c1-6-15-11(2)12-7-9-13(10-8-12)14(3,4)5/h7-11H,6H2,1-5H3. The molecular formula is C14H22O. The lowest BCUT2D eigenvalue weighted by atomic mass is 9.86. The fourth-order valence-electron chi connectivity index (χ4n) is 1.60. The Morgan fingerprint density at radius 1 is 1.13 bits per heavy atom. The van der Waals surface area contributed by atoms with E-state index in [1.165, 1.54) is 11.1 Å². The SMILES string of the molecule is CCOC(C)c1ccc(C(C)(C)C)cc1. The molecule has 0 N–H and O–H groups in total. The van der Waals surface area contributed by atoms with Crippen LogP contribution in [0.1, 0.15) is 51.8 Å². The first-order valence-corrected chi connectivity index (χ1v) is 5.67. The van der Waals surface area contributed by atoms with Gasteiger partial charge in [-0.3, -0.25) is 0 Å². The third-order valence-electron chi connectivity index (χ3n) is 2.66. The van der Waals surface area contributed by atoms with Crippen molar-refractivity contribution in [2.24, 2.45) is 0 Å². The Labute approximate surface area is 93.5 Å². The van der Waals surface area contributed by atoms with Gasteiger partial charge in [0.25, 0.3) is 0 Å². The van der Waals surface area contributed by atoms with Crippen LogP contribution in [0.2, 0.25) is 0 Å². The van der Waals surface area contributed by atoms with E-state index < -0.39 is 0 Å². The second kappa shape index (κ2) is 4.80. The van der Waals surface area contributed by atoms with Crippen molar-refractivity contribution in [2.45, 2.75) is 46.1 Å². The summed E-state index contributed by atoms with van der Waals surface area (Å²) in [5, 5.41) is 0. The molecule has 1 nitrogen and oxygen atoms in total. The van der Waals surface area contributed by atoms with Gasteiger partial charge in [0.15, 0.2) is 0 Å². The Balaban J connectivity index is 2.81. The molecule has 0 saturated heterocycles. The lowest BCUT2D eigenvalue weighted by Crippen LogP contribution is -2.11. The molecule has 0 fully saturated rings. The number of rotatable bonds is 3. The van der Waals surface area contributed by atoms with Crippen LogP contribution in [0.25, 0.3) is 0 Å². The van der Waals surface area contributed by atoms with Crippen LogP contribution in [0.15, 0.2) is 24.3 Å². The second-order valence-electron chi connectivity index (χ2n) is 4.97. The molecule has 0 spiro atoms. The molecule has 1 aromatic carbocycles. The first kappa shape index (κ1) is 12.3. The van der Waals surface area contributed by atoms with E-state index in [1.807, 2.05) is 6.92 Å². The Hall–Kier alpha value is -0.820. The molecule has 15 heavy (non-hydrogen) atoms. The van der Waals surface area contributed by atoms with E-state index in [2.05, 4.69) is 52.0 Å². The van der Waals surface area contributed by atoms with E-state index >= 15 is 0 Å². The largest absolute Gasteiger partial charge is 0.374 e. The van der Waals surface area contributed by atoms with Crippen molar-refractivity contribution in [3.8, 4) is 0 Å². The fraction of sp³-hybridized carbons (Fsp3) is 0.571. The zero-order valence-corrected chi connectivity index (χ0v) is 10.5. The monoisotopic (exact) mass is 206 g/mol. The zero-order valence-electron chi connectivity index (χ0n) is 10.5. The smallest absolute Gasteiger partial charge is 0.0796 e. The van der Waals surface area contributed by atoms with Gasteiger partial charge in [-0.05, 0) is 30.4 Å². The average Bonchev–Trinajstić information content (AvgIpc) is 2.17. The molecule has 1 rings (SSSR count). The second-order valence-corrected chi connectivity index (χ2v) is 4.97. The van der Waals surface area contributed by atoms with Gasteiger partial charge in [-0.15, -0.1) is 0 Å². The molecule has 0 aliphatic heterocycles. The van der Waals surface area contributed by atoms with Gasteiger partial charge >= 0.3 is 0 Å². The molecular weight excluding hydrogens is 184 g/mol. The molecule has 0 bridgehead atoms. The van der Waals surface area contributed by atoms with E-state index in [9.17, 15) is 0 Å². The number of hydrogen-bond acceptors (Lipinski definition) is 1. The zero-order chi connectivity index (χ0) is 11.5. The molecule has 0 radical (unpaired) electrons. The van der Waals surface area contributed by atoms with Gasteiger partial charge in [0.1, 0.15) is 0 Å². The predicted octanol–water partition coefficient (Wildman–Crippen LogP) is 4.08. The van der Waals surface area contributed by atoms with Crippen LogP contribution in [-0.4, -0.2) is 6.61 Å². The third kappa shape index (κ3) is 3.35. The Morgan fingerprint density at radius 3 is 2.07 bits per heavy atom. The summed E-state index contributed by atoms with van der Waals surface area (Å²) in [6.07, 6.45) is 0.198. The molecule has 1 unspecified atom stereocenters. The van der Waals surface area contributed by atoms with Crippen molar-refractivity contribution in [3.05, 3.63) is 35.4 Å². The van der Waals surface area contributed by atoms with Gasteiger partial charge in [-0.2, -0.15) is 0 Å². The molecule has 0 heterocycles. The molecule has 1 aromatic rings. The van der Waals surface area contributed by atoms with Gasteiger partial charge in [-0.1, -0.05) is 45.0 Å². The van der Waals surface area contributed by atoms with E-state index in [0.29, 0.717) is 0 Å². The van der Waals surface area contributed by atoms with Crippen molar-refractivity contribution in [3.63, 3.8) is 0 Å². The molecule has 0 saturated carbocycles. The average molecular weight is 206 g/mol. The van der Waals surface area contributed by atoms with Crippen LogP contribution in [0.5, 0.6) is 0 Å². The Morgan fingerprint density at radius 2 is 1.67 bits per heavy atom. The molecule has 0 aliphatic carbocycles. The van der Waals surface area contributed by atoms with Gasteiger partial charge in [0.2, 0.25) is 0 Å².